The Morgan fingerprint density at radius 3 is 2.62 bits per heavy atom. The standard InChI is InChI=1S/C16H18N6O3.ClH/c17-7-14-18-12(8-25-14)15(23)19-11-5-9-10(21-16(24)20-9)6-13(11)22-3-1-2-4-22;/h5-6,8H,1-4,7,17H2,(H,19,23)(H2,20,21,24);1H. The number of hydrogen-bond donors (Lipinski definition) is 4. The molecule has 3 heterocycles. The number of oxazole rings is 1. The van der Waals surface area contributed by atoms with Crippen LogP contribution in [0.15, 0.2) is 27.6 Å². The molecule has 3 aromatic rings. The van der Waals surface area contributed by atoms with Crippen molar-refractivity contribution in [2.24, 2.45) is 5.73 Å². The van der Waals surface area contributed by atoms with Gasteiger partial charge in [-0.05, 0) is 25.0 Å². The fourth-order valence-electron chi connectivity index (χ4n) is 3.09. The second-order valence-corrected chi connectivity index (χ2v) is 5.97. The Morgan fingerprint density at radius 1 is 1.27 bits per heavy atom. The Bertz CT molecular complexity index is 985. The molecule has 10 heteroatoms. The smallest absolute Gasteiger partial charge is 0.323 e. The van der Waals surface area contributed by atoms with E-state index in [9.17, 15) is 9.59 Å². The molecule has 138 valence electrons. The zero-order chi connectivity index (χ0) is 17.4. The van der Waals surface area contributed by atoms with Crippen LogP contribution in [0.4, 0.5) is 11.4 Å². The van der Waals surface area contributed by atoms with E-state index in [1.54, 1.807) is 6.07 Å². The lowest BCUT2D eigenvalue weighted by Crippen LogP contribution is -2.21. The molecule has 1 fully saturated rings. The number of imidazole rings is 1. The minimum absolute atomic E-state index is 0. The molecule has 0 atom stereocenters. The van der Waals surface area contributed by atoms with E-state index in [-0.39, 0.29) is 36.2 Å². The number of carbonyl (C=O) groups is 1. The molecule has 0 bridgehead atoms. The summed E-state index contributed by atoms with van der Waals surface area (Å²) in [5, 5.41) is 2.86. The van der Waals surface area contributed by atoms with Gasteiger partial charge in [0.25, 0.3) is 5.91 Å². The van der Waals surface area contributed by atoms with E-state index < -0.39 is 0 Å². The number of amides is 1. The van der Waals surface area contributed by atoms with Crippen molar-refractivity contribution >= 4 is 40.7 Å². The first-order chi connectivity index (χ1) is 12.1. The van der Waals surface area contributed by atoms with Gasteiger partial charge in [0, 0.05) is 13.1 Å². The number of hydrogen-bond acceptors (Lipinski definition) is 6. The van der Waals surface area contributed by atoms with Crippen molar-refractivity contribution in [1.82, 2.24) is 15.0 Å². The lowest BCUT2D eigenvalue weighted by molar-refractivity contribution is 0.102. The maximum absolute atomic E-state index is 12.5. The molecule has 0 spiro atoms. The van der Waals surface area contributed by atoms with Crippen LogP contribution in [0, 0.1) is 0 Å². The molecule has 1 aliphatic heterocycles. The summed E-state index contributed by atoms with van der Waals surface area (Å²) in [7, 11) is 0. The molecule has 0 saturated carbocycles. The van der Waals surface area contributed by atoms with Crippen LogP contribution in [0.25, 0.3) is 11.0 Å². The van der Waals surface area contributed by atoms with Crippen LogP contribution in [0.3, 0.4) is 0 Å². The van der Waals surface area contributed by atoms with Crippen LogP contribution in [-0.4, -0.2) is 33.9 Å². The average molecular weight is 379 g/mol. The minimum atomic E-state index is -0.388. The molecule has 1 saturated heterocycles. The van der Waals surface area contributed by atoms with E-state index in [1.807, 2.05) is 6.07 Å². The van der Waals surface area contributed by atoms with Gasteiger partial charge in [-0.15, -0.1) is 12.4 Å². The van der Waals surface area contributed by atoms with Gasteiger partial charge in [0.1, 0.15) is 6.26 Å². The number of halogens is 1. The van der Waals surface area contributed by atoms with E-state index >= 15 is 0 Å². The number of aromatic nitrogens is 3. The number of benzene rings is 1. The Morgan fingerprint density at radius 2 is 1.96 bits per heavy atom. The summed E-state index contributed by atoms with van der Waals surface area (Å²) in [5.41, 5.74) is 8.16. The Labute approximate surface area is 154 Å². The molecule has 0 unspecified atom stereocenters. The quantitative estimate of drug-likeness (QED) is 0.544. The van der Waals surface area contributed by atoms with Crippen LogP contribution in [0.2, 0.25) is 0 Å². The SMILES string of the molecule is Cl.NCc1nc(C(=O)Nc2cc3[nH]c(=O)[nH]c3cc2N2CCCC2)co1. The third-order valence-corrected chi connectivity index (χ3v) is 4.29. The fraction of sp³-hybridized carbons (Fsp3) is 0.312. The first-order valence-corrected chi connectivity index (χ1v) is 8.11. The lowest BCUT2D eigenvalue weighted by Gasteiger charge is -2.21. The number of nitrogens with two attached hydrogens (primary N) is 1. The van der Waals surface area contributed by atoms with Gasteiger partial charge in [0.2, 0.25) is 5.89 Å². The van der Waals surface area contributed by atoms with Crippen LogP contribution in [0.5, 0.6) is 0 Å². The minimum Gasteiger partial charge on any atom is -0.447 e. The molecule has 0 radical (unpaired) electrons. The summed E-state index contributed by atoms with van der Waals surface area (Å²) in [4.78, 5) is 35.7. The molecule has 0 aliphatic carbocycles. The molecule has 2 aromatic heterocycles. The maximum Gasteiger partial charge on any atom is 0.323 e. The second kappa shape index (κ2) is 7.22. The Kier molecular flexibility index (Phi) is 5.01. The Balaban J connectivity index is 0.00000196. The number of anilines is 2. The molecular formula is C16H19ClN6O3. The molecule has 1 amide bonds. The number of carbonyl (C=O) groups excluding carboxylic acids is 1. The first kappa shape index (κ1) is 18.0. The van der Waals surface area contributed by atoms with Crippen LogP contribution in [-0.2, 0) is 6.54 Å². The number of nitrogens with one attached hydrogen (secondary N) is 3. The van der Waals surface area contributed by atoms with Gasteiger partial charge in [0.15, 0.2) is 5.69 Å². The largest absolute Gasteiger partial charge is 0.447 e. The molecule has 4 rings (SSSR count). The van der Waals surface area contributed by atoms with E-state index in [0.29, 0.717) is 22.6 Å². The molecule has 5 N–H and O–H groups in total. The number of fused-ring (bicyclic) bond motifs is 1. The van der Waals surface area contributed by atoms with Gasteiger partial charge in [-0.1, -0.05) is 0 Å². The van der Waals surface area contributed by atoms with Gasteiger partial charge in [0.05, 0.1) is 29.0 Å². The summed E-state index contributed by atoms with van der Waals surface area (Å²) in [6.45, 7) is 1.94. The highest BCUT2D eigenvalue weighted by atomic mass is 35.5. The molecule has 1 aromatic carbocycles. The zero-order valence-electron chi connectivity index (χ0n) is 13.9. The van der Waals surface area contributed by atoms with Gasteiger partial charge < -0.3 is 30.3 Å². The van der Waals surface area contributed by atoms with Crippen molar-refractivity contribution in [3.63, 3.8) is 0 Å². The highest BCUT2D eigenvalue weighted by Crippen LogP contribution is 2.32. The summed E-state index contributed by atoms with van der Waals surface area (Å²) >= 11 is 0. The van der Waals surface area contributed by atoms with Crippen molar-refractivity contribution in [3.8, 4) is 0 Å². The average Bonchev–Trinajstić information content (AvgIpc) is 3.33. The third-order valence-electron chi connectivity index (χ3n) is 4.29. The number of H-pyrrole nitrogens is 2. The highest BCUT2D eigenvalue weighted by molar-refractivity contribution is 6.06. The predicted octanol–water partition coefficient (Wildman–Crippen LogP) is 1.58. The van der Waals surface area contributed by atoms with Crippen LogP contribution >= 0.6 is 12.4 Å². The number of nitrogens with zero attached hydrogens (tertiary/aromatic N) is 2. The summed E-state index contributed by atoms with van der Waals surface area (Å²) < 4.78 is 5.12. The van der Waals surface area contributed by atoms with E-state index in [4.69, 9.17) is 10.2 Å². The van der Waals surface area contributed by atoms with Crippen molar-refractivity contribution in [2.75, 3.05) is 23.3 Å². The molecular weight excluding hydrogens is 360 g/mol. The Hall–Kier alpha value is -2.78. The summed E-state index contributed by atoms with van der Waals surface area (Å²) in [6.07, 6.45) is 3.47. The first-order valence-electron chi connectivity index (χ1n) is 8.11. The van der Waals surface area contributed by atoms with E-state index in [1.165, 1.54) is 6.26 Å². The van der Waals surface area contributed by atoms with Crippen LogP contribution < -0.4 is 21.6 Å². The van der Waals surface area contributed by atoms with Gasteiger partial charge in [-0.3, -0.25) is 4.79 Å². The second-order valence-electron chi connectivity index (χ2n) is 5.97. The zero-order valence-corrected chi connectivity index (χ0v) is 14.7. The van der Waals surface area contributed by atoms with Gasteiger partial charge in [-0.2, -0.15) is 0 Å². The highest BCUT2D eigenvalue weighted by Gasteiger charge is 2.20. The predicted molar refractivity (Wildman–Crippen MR) is 100.0 cm³/mol. The van der Waals surface area contributed by atoms with E-state index in [2.05, 4.69) is 25.2 Å². The molecule has 26 heavy (non-hydrogen) atoms. The van der Waals surface area contributed by atoms with Crippen LogP contribution in [0.1, 0.15) is 29.2 Å². The van der Waals surface area contributed by atoms with E-state index in [0.717, 1.165) is 31.6 Å². The maximum atomic E-state index is 12.5. The monoisotopic (exact) mass is 378 g/mol. The normalized spacial score (nSPS) is 13.8. The summed E-state index contributed by atoms with van der Waals surface area (Å²) in [5.74, 6) is -0.0866. The topological polar surface area (TPSA) is 133 Å². The fourth-order valence-corrected chi connectivity index (χ4v) is 3.09. The summed E-state index contributed by atoms with van der Waals surface area (Å²) in [6, 6.07) is 3.63. The molecule has 1 aliphatic rings. The number of aromatic amines is 2. The third kappa shape index (κ3) is 3.31. The van der Waals surface area contributed by atoms with Crippen molar-refractivity contribution in [1.29, 1.82) is 0 Å². The van der Waals surface area contributed by atoms with Crippen molar-refractivity contribution in [2.45, 2.75) is 19.4 Å². The lowest BCUT2D eigenvalue weighted by atomic mass is 10.2. The van der Waals surface area contributed by atoms with Gasteiger partial charge >= 0.3 is 5.69 Å². The number of rotatable bonds is 4. The van der Waals surface area contributed by atoms with Crippen molar-refractivity contribution in [3.05, 3.63) is 40.5 Å². The van der Waals surface area contributed by atoms with Gasteiger partial charge in [-0.25, -0.2) is 9.78 Å². The molecule has 9 nitrogen and oxygen atoms in total. The van der Waals surface area contributed by atoms with Crippen molar-refractivity contribution < 1.29 is 9.21 Å².